The van der Waals surface area contributed by atoms with Crippen molar-refractivity contribution in [2.24, 2.45) is 0 Å². The lowest BCUT2D eigenvalue weighted by molar-refractivity contribution is -0.385. The third-order valence-corrected chi connectivity index (χ3v) is 3.78. The van der Waals surface area contributed by atoms with Crippen LogP contribution in [0.1, 0.15) is 15.9 Å². The number of ether oxygens (including phenoxy) is 1. The van der Waals surface area contributed by atoms with E-state index in [-0.39, 0.29) is 17.1 Å². The Morgan fingerprint density at radius 3 is 2.92 bits per heavy atom. The highest BCUT2D eigenvalue weighted by atomic mass is 19.3. The standard InChI is InChI=1S/C16H13F2N3O4/c17-14(18)9-25-15-8-10(4-6-19-15)16(22)20-7-5-11-12(20)2-1-3-13(11)21(23)24/h1-4,6,8,14H,5,7,9H2. The molecule has 0 unspecified atom stereocenters. The predicted molar refractivity (Wildman–Crippen MR) is 84.2 cm³/mol. The second-order valence-corrected chi connectivity index (χ2v) is 5.32. The van der Waals surface area contributed by atoms with Crippen LogP contribution in [-0.2, 0) is 6.42 Å². The van der Waals surface area contributed by atoms with Crippen LogP contribution < -0.4 is 9.64 Å². The number of aromatic nitrogens is 1. The van der Waals surface area contributed by atoms with Gasteiger partial charge in [0.05, 0.1) is 16.2 Å². The third-order valence-electron chi connectivity index (χ3n) is 3.78. The molecule has 3 rings (SSSR count). The molecular weight excluding hydrogens is 336 g/mol. The van der Waals surface area contributed by atoms with Gasteiger partial charge in [-0.1, -0.05) is 6.07 Å². The first-order chi connectivity index (χ1) is 12.0. The van der Waals surface area contributed by atoms with Gasteiger partial charge in [-0.25, -0.2) is 13.8 Å². The van der Waals surface area contributed by atoms with Gasteiger partial charge in [0.2, 0.25) is 5.88 Å². The Morgan fingerprint density at radius 1 is 1.40 bits per heavy atom. The molecule has 0 atom stereocenters. The minimum Gasteiger partial charge on any atom is -0.472 e. The average Bonchev–Trinajstić information content (AvgIpc) is 3.03. The van der Waals surface area contributed by atoms with Gasteiger partial charge in [0.15, 0.2) is 6.61 Å². The summed E-state index contributed by atoms with van der Waals surface area (Å²) < 4.78 is 29.2. The fourth-order valence-electron chi connectivity index (χ4n) is 2.72. The van der Waals surface area contributed by atoms with Crippen LogP contribution in [-0.4, -0.2) is 35.4 Å². The quantitative estimate of drug-likeness (QED) is 0.612. The van der Waals surface area contributed by atoms with E-state index in [1.165, 1.54) is 35.4 Å². The average molecular weight is 349 g/mol. The molecule has 130 valence electrons. The molecule has 7 nitrogen and oxygen atoms in total. The van der Waals surface area contributed by atoms with E-state index < -0.39 is 23.9 Å². The Kier molecular flexibility index (Phi) is 4.55. The molecule has 9 heteroatoms. The normalized spacial score (nSPS) is 13.0. The molecular formula is C16H13F2N3O4. The second-order valence-electron chi connectivity index (χ2n) is 5.32. The zero-order valence-electron chi connectivity index (χ0n) is 12.9. The zero-order chi connectivity index (χ0) is 18.0. The number of fused-ring (bicyclic) bond motifs is 1. The highest BCUT2D eigenvalue weighted by Crippen LogP contribution is 2.35. The summed E-state index contributed by atoms with van der Waals surface area (Å²) in [5, 5.41) is 11.1. The molecule has 0 saturated carbocycles. The maximum atomic E-state index is 12.7. The van der Waals surface area contributed by atoms with E-state index in [9.17, 15) is 23.7 Å². The highest BCUT2D eigenvalue weighted by Gasteiger charge is 2.31. The monoisotopic (exact) mass is 349 g/mol. The topological polar surface area (TPSA) is 85.6 Å². The number of halogens is 2. The Balaban J connectivity index is 1.86. The number of anilines is 1. The number of hydrogen-bond acceptors (Lipinski definition) is 5. The molecule has 25 heavy (non-hydrogen) atoms. The van der Waals surface area contributed by atoms with E-state index in [2.05, 4.69) is 4.98 Å². The number of benzene rings is 1. The molecule has 0 fully saturated rings. The fraction of sp³-hybridized carbons (Fsp3) is 0.250. The van der Waals surface area contributed by atoms with Crippen LogP contribution in [0.25, 0.3) is 0 Å². The third kappa shape index (κ3) is 3.39. The van der Waals surface area contributed by atoms with Crippen LogP contribution in [0, 0.1) is 10.1 Å². The van der Waals surface area contributed by atoms with E-state index >= 15 is 0 Å². The number of carbonyl (C=O) groups excluding carboxylic acids is 1. The van der Waals surface area contributed by atoms with Crippen molar-refractivity contribution in [1.82, 2.24) is 4.98 Å². The van der Waals surface area contributed by atoms with Gasteiger partial charge < -0.3 is 9.64 Å². The van der Waals surface area contributed by atoms with Crippen LogP contribution >= 0.6 is 0 Å². The van der Waals surface area contributed by atoms with Crippen LogP contribution in [0.15, 0.2) is 36.5 Å². The second kappa shape index (κ2) is 6.80. The molecule has 2 heterocycles. The van der Waals surface area contributed by atoms with Gasteiger partial charge in [0, 0.05) is 30.4 Å². The number of amides is 1. The van der Waals surface area contributed by atoms with E-state index in [1.54, 1.807) is 6.07 Å². The maximum Gasteiger partial charge on any atom is 0.274 e. The minimum atomic E-state index is -2.65. The Hall–Kier alpha value is -3.10. The minimum absolute atomic E-state index is 0.0246. The molecule has 1 aromatic heterocycles. The first-order valence-electron chi connectivity index (χ1n) is 7.42. The van der Waals surface area contributed by atoms with Crippen LogP contribution in [0.5, 0.6) is 5.88 Å². The number of alkyl halides is 2. The molecule has 0 spiro atoms. The van der Waals surface area contributed by atoms with Crippen molar-refractivity contribution in [3.05, 3.63) is 57.8 Å². The number of nitro benzene ring substituents is 1. The molecule has 1 amide bonds. The first kappa shape index (κ1) is 16.7. The molecule has 0 aliphatic carbocycles. The van der Waals surface area contributed by atoms with Crippen molar-refractivity contribution in [2.75, 3.05) is 18.1 Å². The van der Waals surface area contributed by atoms with Crippen molar-refractivity contribution in [1.29, 1.82) is 0 Å². The first-order valence-corrected chi connectivity index (χ1v) is 7.42. The lowest BCUT2D eigenvalue weighted by atomic mass is 10.1. The zero-order valence-corrected chi connectivity index (χ0v) is 12.9. The van der Waals surface area contributed by atoms with Gasteiger partial charge in [-0.2, -0.15) is 0 Å². The summed E-state index contributed by atoms with van der Waals surface area (Å²) in [6, 6.07) is 7.28. The smallest absolute Gasteiger partial charge is 0.274 e. The maximum absolute atomic E-state index is 12.7. The van der Waals surface area contributed by atoms with E-state index in [0.29, 0.717) is 24.2 Å². The summed E-state index contributed by atoms with van der Waals surface area (Å²) in [6.45, 7) is -0.516. The lowest BCUT2D eigenvalue weighted by Crippen LogP contribution is -2.28. The van der Waals surface area contributed by atoms with Crippen molar-refractivity contribution < 1.29 is 23.2 Å². The van der Waals surface area contributed by atoms with E-state index in [0.717, 1.165) is 0 Å². The summed E-state index contributed by atoms with van der Waals surface area (Å²) in [5.41, 5.74) is 1.16. The van der Waals surface area contributed by atoms with Crippen molar-refractivity contribution in [3.63, 3.8) is 0 Å². The van der Waals surface area contributed by atoms with Gasteiger partial charge in [-0.05, 0) is 18.6 Å². The number of carbonyl (C=O) groups is 1. The van der Waals surface area contributed by atoms with Crippen LogP contribution in [0.2, 0.25) is 0 Å². The Bertz CT molecular complexity index is 829. The van der Waals surface area contributed by atoms with Gasteiger partial charge in [-0.3, -0.25) is 14.9 Å². The van der Waals surface area contributed by atoms with Gasteiger partial charge >= 0.3 is 0 Å². The molecule has 1 aliphatic rings. The number of nitro groups is 1. The highest BCUT2D eigenvalue weighted by molar-refractivity contribution is 6.07. The lowest BCUT2D eigenvalue weighted by Gasteiger charge is -2.17. The Morgan fingerprint density at radius 2 is 2.20 bits per heavy atom. The largest absolute Gasteiger partial charge is 0.472 e. The summed E-state index contributed by atoms with van der Waals surface area (Å²) in [6.07, 6.45) is -0.983. The predicted octanol–water partition coefficient (Wildman–Crippen LogP) is 2.84. The van der Waals surface area contributed by atoms with Gasteiger partial charge in [-0.15, -0.1) is 0 Å². The summed E-state index contributed by atoms with van der Waals surface area (Å²) in [5.74, 6) is -0.479. The molecule has 0 bridgehead atoms. The molecule has 1 aromatic carbocycles. The molecule has 2 aromatic rings. The molecule has 0 saturated heterocycles. The van der Waals surface area contributed by atoms with E-state index in [4.69, 9.17) is 4.74 Å². The number of pyridine rings is 1. The van der Waals surface area contributed by atoms with Gasteiger partial charge in [0.25, 0.3) is 18.0 Å². The van der Waals surface area contributed by atoms with Crippen molar-refractivity contribution in [2.45, 2.75) is 12.8 Å². The van der Waals surface area contributed by atoms with E-state index in [1.807, 2.05) is 0 Å². The SMILES string of the molecule is O=C(c1ccnc(OCC(F)F)c1)N1CCc2c1cccc2[N+](=O)[O-]. The number of hydrogen-bond donors (Lipinski definition) is 0. The molecule has 0 N–H and O–H groups in total. The number of nitrogens with zero attached hydrogens (tertiary/aromatic N) is 3. The van der Waals surface area contributed by atoms with Gasteiger partial charge in [0.1, 0.15) is 0 Å². The Labute approximate surface area is 141 Å². The summed E-state index contributed by atoms with van der Waals surface area (Å²) in [7, 11) is 0. The van der Waals surface area contributed by atoms with Crippen molar-refractivity contribution >= 4 is 17.3 Å². The fourth-order valence-corrected chi connectivity index (χ4v) is 2.72. The van der Waals surface area contributed by atoms with Crippen molar-refractivity contribution in [3.8, 4) is 5.88 Å². The summed E-state index contributed by atoms with van der Waals surface area (Å²) in [4.78, 5) is 28.5. The summed E-state index contributed by atoms with van der Waals surface area (Å²) >= 11 is 0. The molecule has 0 radical (unpaired) electrons. The van der Waals surface area contributed by atoms with Crippen LogP contribution in [0.3, 0.4) is 0 Å². The van der Waals surface area contributed by atoms with Crippen LogP contribution in [0.4, 0.5) is 20.2 Å². The number of rotatable bonds is 5. The molecule has 1 aliphatic heterocycles.